The van der Waals surface area contributed by atoms with Gasteiger partial charge >= 0.3 is 0 Å². The van der Waals surface area contributed by atoms with Gasteiger partial charge in [-0.2, -0.15) is 5.10 Å². The predicted octanol–water partition coefficient (Wildman–Crippen LogP) is 1.94. The van der Waals surface area contributed by atoms with Gasteiger partial charge in [-0.3, -0.25) is 4.68 Å². The SMILES string of the molecule is c1ccc(OCCNCCCn2cccn2)cc1. The Morgan fingerprint density at radius 2 is 2.00 bits per heavy atom. The number of hydrogen-bond donors (Lipinski definition) is 1. The van der Waals surface area contributed by atoms with Crippen LogP contribution in [0.2, 0.25) is 0 Å². The Bertz CT molecular complexity index is 414. The monoisotopic (exact) mass is 245 g/mol. The molecule has 0 unspecified atom stereocenters. The largest absolute Gasteiger partial charge is 0.492 e. The molecule has 0 atom stereocenters. The van der Waals surface area contributed by atoms with Crippen molar-refractivity contribution in [2.75, 3.05) is 19.7 Å². The average Bonchev–Trinajstić information content (AvgIpc) is 2.92. The van der Waals surface area contributed by atoms with Gasteiger partial charge < -0.3 is 10.1 Å². The van der Waals surface area contributed by atoms with Gasteiger partial charge in [-0.25, -0.2) is 0 Å². The summed E-state index contributed by atoms with van der Waals surface area (Å²) >= 11 is 0. The lowest BCUT2D eigenvalue weighted by atomic mass is 10.3. The molecule has 0 bridgehead atoms. The Balaban J connectivity index is 1.47. The fourth-order valence-corrected chi connectivity index (χ4v) is 1.68. The fourth-order valence-electron chi connectivity index (χ4n) is 1.68. The van der Waals surface area contributed by atoms with Crippen molar-refractivity contribution in [2.24, 2.45) is 0 Å². The Morgan fingerprint density at radius 1 is 1.11 bits per heavy atom. The first-order chi connectivity index (χ1) is 8.95. The van der Waals surface area contributed by atoms with E-state index in [0.717, 1.165) is 31.8 Å². The van der Waals surface area contributed by atoms with Crippen LogP contribution < -0.4 is 10.1 Å². The highest BCUT2D eigenvalue weighted by Crippen LogP contribution is 2.07. The van der Waals surface area contributed by atoms with Crippen molar-refractivity contribution < 1.29 is 4.74 Å². The van der Waals surface area contributed by atoms with Crippen molar-refractivity contribution in [3.05, 3.63) is 48.8 Å². The van der Waals surface area contributed by atoms with Crippen LogP contribution in [0.3, 0.4) is 0 Å². The minimum absolute atomic E-state index is 0.700. The van der Waals surface area contributed by atoms with E-state index in [2.05, 4.69) is 10.4 Å². The Kier molecular flexibility index (Phi) is 5.27. The standard InChI is InChI=1S/C14H19N3O/c1-2-6-14(7-3-1)18-13-10-15-8-4-11-17-12-5-9-16-17/h1-3,5-7,9,12,15H,4,8,10-11,13H2. The minimum Gasteiger partial charge on any atom is -0.492 e. The summed E-state index contributed by atoms with van der Waals surface area (Å²) in [7, 11) is 0. The molecule has 0 saturated heterocycles. The first-order valence-electron chi connectivity index (χ1n) is 6.31. The highest BCUT2D eigenvalue weighted by molar-refractivity contribution is 5.20. The zero-order valence-electron chi connectivity index (χ0n) is 10.5. The molecule has 1 N–H and O–H groups in total. The lowest BCUT2D eigenvalue weighted by Gasteiger charge is -2.07. The lowest BCUT2D eigenvalue weighted by molar-refractivity contribution is 0.313. The molecule has 0 aliphatic heterocycles. The number of para-hydroxylation sites is 1. The molecule has 1 heterocycles. The van der Waals surface area contributed by atoms with Crippen LogP contribution in [0.25, 0.3) is 0 Å². The summed E-state index contributed by atoms with van der Waals surface area (Å²) in [6.45, 7) is 3.51. The van der Waals surface area contributed by atoms with Gasteiger partial charge in [0.2, 0.25) is 0 Å². The van der Waals surface area contributed by atoms with E-state index in [9.17, 15) is 0 Å². The van der Waals surface area contributed by atoms with E-state index >= 15 is 0 Å². The third-order valence-electron chi connectivity index (χ3n) is 2.59. The molecule has 18 heavy (non-hydrogen) atoms. The maximum Gasteiger partial charge on any atom is 0.119 e. The van der Waals surface area contributed by atoms with Crippen molar-refractivity contribution in [1.29, 1.82) is 0 Å². The van der Waals surface area contributed by atoms with Crippen LogP contribution >= 0.6 is 0 Å². The van der Waals surface area contributed by atoms with Crippen LogP contribution in [-0.2, 0) is 6.54 Å². The van der Waals surface area contributed by atoms with E-state index < -0.39 is 0 Å². The number of aryl methyl sites for hydroxylation is 1. The molecule has 0 amide bonds. The van der Waals surface area contributed by atoms with Crippen LogP contribution in [0.5, 0.6) is 5.75 Å². The lowest BCUT2D eigenvalue weighted by Crippen LogP contribution is -2.23. The van der Waals surface area contributed by atoms with Crippen LogP contribution in [-0.4, -0.2) is 29.5 Å². The summed E-state index contributed by atoms with van der Waals surface area (Å²) in [6, 6.07) is 11.8. The molecule has 0 aliphatic rings. The molecule has 4 nitrogen and oxygen atoms in total. The number of nitrogens with one attached hydrogen (secondary N) is 1. The van der Waals surface area contributed by atoms with Gasteiger partial charge in [0.15, 0.2) is 0 Å². The van der Waals surface area contributed by atoms with E-state index in [1.165, 1.54) is 0 Å². The van der Waals surface area contributed by atoms with Gasteiger partial charge in [0.25, 0.3) is 0 Å². The van der Waals surface area contributed by atoms with Crippen molar-refractivity contribution in [1.82, 2.24) is 15.1 Å². The van der Waals surface area contributed by atoms with Crippen LogP contribution in [0.15, 0.2) is 48.8 Å². The number of nitrogens with zero attached hydrogens (tertiary/aromatic N) is 2. The van der Waals surface area contributed by atoms with Crippen molar-refractivity contribution in [3.63, 3.8) is 0 Å². The van der Waals surface area contributed by atoms with Gasteiger partial charge in [-0.05, 0) is 31.2 Å². The second-order valence-corrected chi connectivity index (χ2v) is 4.03. The molecule has 2 rings (SSSR count). The molecule has 1 aromatic heterocycles. The molecule has 0 fully saturated rings. The minimum atomic E-state index is 0.700. The summed E-state index contributed by atoms with van der Waals surface area (Å²) in [5.74, 6) is 0.927. The number of benzene rings is 1. The second-order valence-electron chi connectivity index (χ2n) is 4.03. The smallest absolute Gasteiger partial charge is 0.119 e. The molecule has 4 heteroatoms. The third kappa shape index (κ3) is 4.59. The van der Waals surface area contributed by atoms with E-state index in [0.29, 0.717) is 6.61 Å². The summed E-state index contributed by atoms with van der Waals surface area (Å²) < 4.78 is 7.52. The maximum absolute atomic E-state index is 5.58. The van der Waals surface area contributed by atoms with Gasteiger partial charge in [-0.1, -0.05) is 18.2 Å². The number of aromatic nitrogens is 2. The van der Waals surface area contributed by atoms with Gasteiger partial charge in [0.1, 0.15) is 12.4 Å². The molecular weight excluding hydrogens is 226 g/mol. The normalized spacial score (nSPS) is 10.4. The van der Waals surface area contributed by atoms with Crippen molar-refractivity contribution in [3.8, 4) is 5.75 Å². The van der Waals surface area contributed by atoms with E-state index in [1.54, 1.807) is 6.20 Å². The highest BCUT2D eigenvalue weighted by atomic mass is 16.5. The number of ether oxygens (including phenoxy) is 1. The Labute approximate surface area is 108 Å². The summed E-state index contributed by atoms with van der Waals surface area (Å²) in [5.41, 5.74) is 0. The third-order valence-corrected chi connectivity index (χ3v) is 2.59. The summed E-state index contributed by atoms with van der Waals surface area (Å²) in [5, 5.41) is 7.51. The highest BCUT2D eigenvalue weighted by Gasteiger charge is 1.93. The van der Waals surface area contributed by atoms with Crippen LogP contribution in [0.4, 0.5) is 0 Å². The molecule has 0 radical (unpaired) electrons. The molecule has 0 spiro atoms. The second kappa shape index (κ2) is 7.50. The fraction of sp³-hybridized carbons (Fsp3) is 0.357. The zero-order chi connectivity index (χ0) is 12.5. The molecular formula is C14H19N3O. The van der Waals surface area contributed by atoms with E-state index in [1.807, 2.05) is 47.3 Å². The molecule has 0 saturated carbocycles. The topological polar surface area (TPSA) is 39.1 Å². The maximum atomic E-state index is 5.58. The summed E-state index contributed by atoms with van der Waals surface area (Å²) in [4.78, 5) is 0. The Morgan fingerprint density at radius 3 is 2.78 bits per heavy atom. The average molecular weight is 245 g/mol. The van der Waals surface area contributed by atoms with Crippen LogP contribution in [0, 0.1) is 0 Å². The Hall–Kier alpha value is -1.81. The predicted molar refractivity (Wildman–Crippen MR) is 71.7 cm³/mol. The molecule has 0 aliphatic carbocycles. The quantitative estimate of drug-likeness (QED) is 0.722. The van der Waals surface area contributed by atoms with Gasteiger partial charge in [0, 0.05) is 25.5 Å². The molecule has 96 valence electrons. The number of rotatable bonds is 8. The first-order valence-corrected chi connectivity index (χ1v) is 6.31. The van der Waals surface area contributed by atoms with Crippen molar-refractivity contribution in [2.45, 2.75) is 13.0 Å². The summed E-state index contributed by atoms with van der Waals surface area (Å²) in [6.07, 6.45) is 4.87. The van der Waals surface area contributed by atoms with Crippen LogP contribution in [0.1, 0.15) is 6.42 Å². The van der Waals surface area contributed by atoms with Crippen molar-refractivity contribution >= 4 is 0 Å². The van der Waals surface area contributed by atoms with Gasteiger partial charge in [-0.15, -0.1) is 0 Å². The van der Waals surface area contributed by atoms with Gasteiger partial charge in [0.05, 0.1) is 0 Å². The first kappa shape index (κ1) is 12.6. The molecule has 1 aromatic carbocycles. The number of hydrogen-bond acceptors (Lipinski definition) is 3. The molecule has 2 aromatic rings. The zero-order valence-corrected chi connectivity index (χ0v) is 10.5. The van der Waals surface area contributed by atoms with E-state index in [4.69, 9.17) is 4.74 Å². The van der Waals surface area contributed by atoms with E-state index in [-0.39, 0.29) is 0 Å².